The molecule has 0 saturated carbocycles. The molecule has 0 atom stereocenters. The Morgan fingerprint density at radius 3 is 2.69 bits per heavy atom. The second-order valence-corrected chi connectivity index (χ2v) is 4.06. The number of hydrogen-bond donors (Lipinski definition) is 0. The van der Waals surface area contributed by atoms with E-state index in [4.69, 9.17) is 4.74 Å². The van der Waals surface area contributed by atoms with Crippen molar-refractivity contribution in [2.24, 2.45) is 0 Å². The van der Waals surface area contributed by atoms with Crippen LogP contribution < -0.4 is 4.74 Å². The third kappa shape index (κ3) is 1.73. The summed E-state index contributed by atoms with van der Waals surface area (Å²) in [7, 11) is 1.61. The van der Waals surface area contributed by atoms with Crippen LogP contribution in [0.3, 0.4) is 0 Å². The van der Waals surface area contributed by atoms with Crippen molar-refractivity contribution in [3.8, 4) is 5.75 Å². The topological polar surface area (TPSA) is 22.1 Å². The fourth-order valence-corrected chi connectivity index (χ4v) is 1.88. The number of pyridine rings is 1. The standard InChI is InChI=1S/C13H14FNO/c1-8(2)13-10-5-4-9(16-3)6-12(10)15-7-11(13)14/h4-8H,1-3H3. The monoisotopic (exact) mass is 219 g/mol. The number of aromatic nitrogens is 1. The first kappa shape index (κ1) is 10.9. The Labute approximate surface area is 94.1 Å². The summed E-state index contributed by atoms with van der Waals surface area (Å²) < 4.78 is 18.8. The van der Waals surface area contributed by atoms with Gasteiger partial charge in [-0.15, -0.1) is 0 Å². The molecule has 0 radical (unpaired) electrons. The predicted octanol–water partition coefficient (Wildman–Crippen LogP) is 3.51. The molecule has 1 aromatic heterocycles. The van der Waals surface area contributed by atoms with E-state index in [0.29, 0.717) is 5.56 Å². The molecule has 16 heavy (non-hydrogen) atoms. The van der Waals surface area contributed by atoms with Gasteiger partial charge in [0.25, 0.3) is 0 Å². The maximum atomic E-state index is 13.7. The quantitative estimate of drug-likeness (QED) is 0.771. The van der Waals surface area contributed by atoms with Crippen molar-refractivity contribution in [2.75, 3.05) is 7.11 Å². The Morgan fingerprint density at radius 1 is 1.31 bits per heavy atom. The van der Waals surface area contributed by atoms with Crippen LogP contribution in [0.2, 0.25) is 0 Å². The molecule has 0 aliphatic rings. The van der Waals surface area contributed by atoms with Crippen LogP contribution in [0.1, 0.15) is 25.3 Å². The molecule has 0 aliphatic heterocycles. The van der Waals surface area contributed by atoms with E-state index < -0.39 is 0 Å². The summed E-state index contributed by atoms with van der Waals surface area (Å²) in [4.78, 5) is 4.08. The molecule has 1 heterocycles. The van der Waals surface area contributed by atoms with Gasteiger partial charge in [0, 0.05) is 17.0 Å². The number of halogens is 1. The Hall–Kier alpha value is -1.64. The van der Waals surface area contributed by atoms with Crippen LogP contribution in [0, 0.1) is 5.82 Å². The van der Waals surface area contributed by atoms with Crippen molar-refractivity contribution in [3.63, 3.8) is 0 Å². The van der Waals surface area contributed by atoms with Gasteiger partial charge in [0.2, 0.25) is 0 Å². The first-order valence-electron chi connectivity index (χ1n) is 5.25. The Morgan fingerprint density at radius 2 is 2.06 bits per heavy atom. The number of nitrogens with zero attached hydrogens (tertiary/aromatic N) is 1. The minimum atomic E-state index is -0.243. The average molecular weight is 219 g/mol. The lowest BCUT2D eigenvalue weighted by Crippen LogP contribution is -1.97. The number of hydrogen-bond acceptors (Lipinski definition) is 2. The van der Waals surface area contributed by atoms with Gasteiger partial charge >= 0.3 is 0 Å². The summed E-state index contributed by atoms with van der Waals surface area (Å²) in [5, 5.41) is 0.857. The molecule has 0 amide bonds. The first-order valence-corrected chi connectivity index (χ1v) is 5.25. The number of benzene rings is 1. The van der Waals surface area contributed by atoms with E-state index in [9.17, 15) is 4.39 Å². The van der Waals surface area contributed by atoms with E-state index in [2.05, 4.69) is 4.98 Å². The zero-order valence-corrected chi connectivity index (χ0v) is 9.62. The van der Waals surface area contributed by atoms with Gasteiger partial charge in [-0.3, -0.25) is 4.98 Å². The first-order chi connectivity index (χ1) is 7.63. The maximum absolute atomic E-state index is 13.7. The molecule has 0 fully saturated rings. The fourth-order valence-electron chi connectivity index (χ4n) is 1.88. The molecule has 0 spiro atoms. The van der Waals surface area contributed by atoms with Crippen LogP contribution >= 0.6 is 0 Å². The average Bonchev–Trinajstić information content (AvgIpc) is 2.27. The van der Waals surface area contributed by atoms with E-state index in [0.717, 1.165) is 16.7 Å². The van der Waals surface area contributed by atoms with Crippen molar-refractivity contribution in [3.05, 3.63) is 35.8 Å². The van der Waals surface area contributed by atoms with Gasteiger partial charge in [0.1, 0.15) is 11.6 Å². The highest BCUT2D eigenvalue weighted by Gasteiger charge is 2.12. The Bertz CT molecular complexity index is 523. The van der Waals surface area contributed by atoms with Crippen molar-refractivity contribution in [2.45, 2.75) is 19.8 Å². The van der Waals surface area contributed by atoms with Gasteiger partial charge in [0.15, 0.2) is 0 Å². The van der Waals surface area contributed by atoms with Crippen LogP contribution in [-0.4, -0.2) is 12.1 Å². The Kier molecular flexibility index (Phi) is 2.77. The van der Waals surface area contributed by atoms with E-state index in [1.165, 1.54) is 6.20 Å². The van der Waals surface area contributed by atoms with Gasteiger partial charge in [-0.05, 0) is 18.1 Å². The molecule has 0 saturated heterocycles. The lowest BCUT2D eigenvalue weighted by molar-refractivity contribution is 0.415. The molecule has 84 valence electrons. The van der Waals surface area contributed by atoms with E-state index in [1.54, 1.807) is 7.11 Å². The number of ether oxygens (including phenoxy) is 1. The van der Waals surface area contributed by atoms with Crippen molar-refractivity contribution in [1.82, 2.24) is 4.98 Å². The summed E-state index contributed by atoms with van der Waals surface area (Å²) in [5.41, 5.74) is 1.48. The summed E-state index contributed by atoms with van der Waals surface area (Å²) in [6.45, 7) is 3.95. The predicted molar refractivity (Wildman–Crippen MR) is 62.3 cm³/mol. The number of methoxy groups -OCH3 is 1. The molecule has 0 aliphatic carbocycles. The zero-order chi connectivity index (χ0) is 11.7. The zero-order valence-electron chi connectivity index (χ0n) is 9.62. The van der Waals surface area contributed by atoms with Crippen LogP contribution in [0.25, 0.3) is 10.9 Å². The normalized spacial score (nSPS) is 11.1. The van der Waals surface area contributed by atoms with Gasteiger partial charge in [-0.1, -0.05) is 13.8 Å². The SMILES string of the molecule is COc1ccc2c(C(C)C)c(F)cnc2c1. The minimum absolute atomic E-state index is 0.138. The molecule has 2 aromatic rings. The molecule has 2 nitrogen and oxygen atoms in total. The third-order valence-corrected chi connectivity index (χ3v) is 2.65. The van der Waals surface area contributed by atoms with Crippen LogP contribution in [0.15, 0.2) is 24.4 Å². The van der Waals surface area contributed by atoms with Gasteiger partial charge in [-0.25, -0.2) is 4.39 Å². The highest BCUT2D eigenvalue weighted by atomic mass is 19.1. The third-order valence-electron chi connectivity index (χ3n) is 2.65. The van der Waals surface area contributed by atoms with Crippen LogP contribution in [0.4, 0.5) is 4.39 Å². The van der Waals surface area contributed by atoms with E-state index in [1.807, 2.05) is 32.0 Å². The van der Waals surface area contributed by atoms with E-state index >= 15 is 0 Å². The molecule has 1 aromatic carbocycles. The van der Waals surface area contributed by atoms with Crippen molar-refractivity contribution in [1.29, 1.82) is 0 Å². The molecule has 0 bridgehead atoms. The largest absolute Gasteiger partial charge is 0.497 e. The van der Waals surface area contributed by atoms with Crippen molar-refractivity contribution >= 4 is 10.9 Å². The molecular formula is C13H14FNO. The van der Waals surface area contributed by atoms with Gasteiger partial charge in [-0.2, -0.15) is 0 Å². The number of rotatable bonds is 2. The smallest absolute Gasteiger partial charge is 0.145 e. The fraction of sp³-hybridized carbons (Fsp3) is 0.308. The maximum Gasteiger partial charge on any atom is 0.145 e. The van der Waals surface area contributed by atoms with Gasteiger partial charge in [0.05, 0.1) is 18.8 Å². The summed E-state index contributed by atoms with van der Waals surface area (Å²) in [5.74, 6) is 0.632. The second kappa shape index (κ2) is 4.08. The van der Waals surface area contributed by atoms with Gasteiger partial charge < -0.3 is 4.74 Å². The molecule has 2 rings (SSSR count). The van der Waals surface area contributed by atoms with E-state index in [-0.39, 0.29) is 11.7 Å². The summed E-state index contributed by atoms with van der Waals surface area (Å²) in [6.07, 6.45) is 1.27. The highest BCUT2D eigenvalue weighted by molar-refractivity contribution is 5.84. The van der Waals surface area contributed by atoms with Crippen LogP contribution in [-0.2, 0) is 0 Å². The minimum Gasteiger partial charge on any atom is -0.497 e. The lowest BCUT2D eigenvalue weighted by Gasteiger charge is -2.11. The van der Waals surface area contributed by atoms with Crippen LogP contribution in [0.5, 0.6) is 5.75 Å². The van der Waals surface area contributed by atoms with Crippen molar-refractivity contribution < 1.29 is 9.13 Å². The number of fused-ring (bicyclic) bond motifs is 1. The molecule has 0 unspecified atom stereocenters. The summed E-state index contributed by atoms with van der Waals surface area (Å²) >= 11 is 0. The molecular weight excluding hydrogens is 205 g/mol. The highest BCUT2D eigenvalue weighted by Crippen LogP contribution is 2.28. The Balaban J connectivity index is 2.74. The molecule has 0 N–H and O–H groups in total. The second-order valence-electron chi connectivity index (χ2n) is 4.06. The molecule has 3 heteroatoms. The summed E-state index contributed by atoms with van der Waals surface area (Å²) in [6, 6.07) is 5.51. The lowest BCUT2D eigenvalue weighted by atomic mass is 9.98.